The minimum Gasteiger partial charge on any atom is -0.492 e. The monoisotopic (exact) mass is 480 g/mol. The number of halogens is 1. The highest BCUT2D eigenvalue weighted by Crippen LogP contribution is 2.32. The Morgan fingerprint density at radius 3 is 2.97 bits per heavy atom. The van der Waals surface area contributed by atoms with Gasteiger partial charge in [0, 0.05) is 31.3 Å². The van der Waals surface area contributed by atoms with Gasteiger partial charge in [-0.05, 0) is 55.5 Å². The molecule has 3 aliphatic rings. The predicted molar refractivity (Wildman–Crippen MR) is 122 cm³/mol. The number of ether oxygens (including phenoxy) is 2. The van der Waals surface area contributed by atoms with Crippen LogP contribution in [0.4, 0.5) is 9.18 Å². The Bertz CT molecular complexity index is 1060. The fraction of sp³-hybridized carbons (Fsp3) is 0.545. The molecule has 0 aromatic heterocycles. The standard InChI is InChI=1S/C22H29FN4O5S/c1-33(29,30)7-6-31-18-10-16-8-15(9-19(16)20(23)11-18)12-24-3-2-17-14-27(22(28)32-17)21-13-25-4-5-26-21/h5,10-11,13,15,17,24-25H,2-4,6-9,12,14H2,1H3. The number of sulfone groups is 1. The van der Waals surface area contributed by atoms with E-state index in [1.807, 2.05) is 6.07 Å². The van der Waals surface area contributed by atoms with Crippen LogP contribution in [0.2, 0.25) is 0 Å². The van der Waals surface area contributed by atoms with E-state index in [9.17, 15) is 17.6 Å². The third-order valence-electron chi connectivity index (χ3n) is 5.88. The molecule has 1 aromatic rings. The van der Waals surface area contributed by atoms with Gasteiger partial charge in [-0.1, -0.05) is 0 Å². The number of nitrogens with one attached hydrogen (secondary N) is 2. The number of hydrogen-bond donors (Lipinski definition) is 2. The van der Waals surface area contributed by atoms with Gasteiger partial charge in [-0.25, -0.2) is 22.6 Å². The van der Waals surface area contributed by atoms with E-state index in [1.165, 1.54) is 11.0 Å². The maximum absolute atomic E-state index is 14.5. The zero-order chi connectivity index (χ0) is 23.4. The molecule has 2 heterocycles. The molecule has 1 fully saturated rings. The fourth-order valence-corrected chi connectivity index (χ4v) is 4.63. The van der Waals surface area contributed by atoms with Crippen LogP contribution in [-0.2, 0) is 27.4 Å². The summed E-state index contributed by atoms with van der Waals surface area (Å²) in [6.45, 7) is 2.52. The third-order valence-corrected chi connectivity index (χ3v) is 6.78. The molecule has 9 nitrogen and oxygen atoms in total. The first kappa shape index (κ1) is 23.5. The second-order valence-electron chi connectivity index (χ2n) is 8.63. The summed E-state index contributed by atoms with van der Waals surface area (Å²) in [7, 11) is -3.12. The molecule has 0 spiro atoms. The molecule has 1 aliphatic carbocycles. The van der Waals surface area contributed by atoms with Crippen molar-refractivity contribution in [2.75, 3.05) is 44.8 Å². The molecule has 0 bridgehead atoms. The van der Waals surface area contributed by atoms with Crippen molar-refractivity contribution in [2.45, 2.75) is 25.4 Å². The molecule has 2 N–H and O–H groups in total. The van der Waals surface area contributed by atoms with Gasteiger partial charge in [-0.15, -0.1) is 0 Å². The summed E-state index contributed by atoms with van der Waals surface area (Å²) in [5, 5.41) is 6.43. The number of carbonyl (C=O) groups excluding carboxylic acids is 1. The average molecular weight is 481 g/mol. The molecule has 1 aromatic carbocycles. The van der Waals surface area contributed by atoms with Gasteiger partial charge in [0.25, 0.3) is 0 Å². The number of amides is 1. The van der Waals surface area contributed by atoms with Crippen LogP contribution in [0.15, 0.2) is 29.1 Å². The highest BCUT2D eigenvalue weighted by atomic mass is 32.2. The number of nitrogens with zero attached hydrogens (tertiary/aromatic N) is 2. The second-order valence-corrected chi connectivity index (χ2v) is 10.9. The SMILES string of the molecule is CS(=O)(=O)CCOc1cc(F)c2c(c1)CC(CNCCC1CN(C3=CNCC=N3)C(=O)O1)C2. The quantitative estimate of drug-likeness (QED) is 0.485. The zero-order valence-electron chi connectivity index (χ0n) is 18.5. The molecular formula is C22H29FN4O5S. The normalized spacial score (nSPS) is 22.1. The largest absolute Gasteiger partial charge is 0.492 e. The van der Waals surface area contributed by atoms with E-state index in [2.05, 4.69) is 15.6 Å². The van der Waals surface area contributed by atoms with Gasteiger partial charge in [-0.2, -0.15) is 0 Å². The van der Waals surface area contributed by atoms with Crippen molar-refractivity contribution in [3.8, 4) is 5.75 Å². The molecule has 11 heteroatoms. The van der Waals surface area contributed by atoms with Gasteiger partial charge in [0.1, 0.15) is 24.3 Å². The van der Waals surface area contributed by atoms with Gasteiger partial charge in [0.05, 0.1) is 12.3 Å². The van der Waals surface area contributed by atoms with Crippen LogP contribution in [0.5, 0.6) is 5.75 Å². The highest BCUT2D eigenvalue weighted by molar-refractivity contribution is 7.90. The van der Waals surface area contributed by atoms with E-state index < -0.39 is 9.84 Å². The molecule has 180 valence electrons. The lowest BCUT2D eigenvalue weighted by Crippen LogP contribution is -2.29. The first-order chi connectivity index (χ1) is 15.8. The Balaban J connectivity index is 1.20. The predicted octanol–water partition coefficient (Wildman–Crippen LogP) is 1.24. The number of carbonyl (C=O) groups is 1. The van der Waals surface area contributed by atoms with Crippen LogP contribution in [0.1, 0.15) is 17.5 Å². The maximum Gasteiger partial charge on any atom is 0.415 e. The number of rotatable bonds is 10. The van der Waals surface area contributed by atoms with Crippen molar-refractivity contribution in [1.29, 1.82) is 0 Å². The molecule has 33 heavy (non-hydrogen) atoms. The van der Waals surface area contributed by atoms with Crippen LogP contribution in [0, 0.1) is 11.7 Å². The van der Waals surface area contributed by atoms with E-state index in [1.54, 1.807) is 12.4 Å². The van der Waals surface area contributed by atoms with Crippen molar-refractivity contribution in [2.24, 2.45) is 10.9 Å². The summed E-state index contributed by atoms with van der Waals surface area (Å²) in [5.41, 5.74) is 1.61. The molecule has 4 rings (SSSR count). The van der Waals surface area contributed by atoms with Crippen LogP contribution in [-0.4, -0.2) is 76.5 Å². The molecule has 2 unspecified atom stereocenters. The topological polar surface area (TPSA) is 109 Å². The summed E-state index contributed by atoms with van der Waals surface area (Å²) in [6.07, 6.45) is 6.03. The summed E-state index contributed by atoms with van der Waals surface area (Å²) in [5.74, 6) is 0.775. The van der Waals surface area contributed by atoms with Crippen LogP contribution >= 0.6 is 0 Å². The number of benzene rings is 1. The van der Waals surface area contributed by atoms with Gasteiger partial charge in [0.15, 0.2) is 15.7 Å². The van der Waals surface area contributed by atoms with Crippen molar-refractivity contribution >= 4 is 22.1 Å². The van der Waals surface area contributed by atoms with Crippen molar-refractivity contribution in [1.82, 2.24) is 15.5 Å². The van der Waals surface area contributed by atoms with E-state index in [-0.39, 0.29) is 36.3 Å². The summed E-state index contributed by atoms with van der Waals surface area (Å²) < 4.78 is 47.9. The van der Waals surface area contributed by atoms with E-state index in [0.29, 0.717) is 49.6 Å². The summed E-state index contributed by atoms with van der Waals surface area (Å²) in [6, 6.07) is 3.14. The zero-order valence-corrected chi connectivity index (χ0v) is 19.4. The van der Waals surface area contributed by atoms with Gasteiger partial charge in [-0.3, -0.25) is 4.90 Å². The third kappa shape index (κ3) is 6.23. The minimum absolute atomic E-state index is 0.00532. The first-order valence-electron chi connectivity index (χ1n) is 11.1. The molecular weight excluding hydrogens is 451 g/mol. The number of hydrogen-bond acceptors (Lipinski definition) is 8. The Morgan fingerprint density at radius 2 is 2.21 bits per heavy atom. The first-order valence-corrected chi connectivity index (χ1v) is 13.1. The Morgan fingerprint density at radius 1 is 1.36 bits per heavy atom. The molecule has 0 radical (unpaired) electrons. The van der Waals surface area contributed by atoms with Crippen LogP contribution in [0.25, 0.3) is 0 Å². The smallest absolute Gasteiger partial charge is 0.415 e. The van der Waals surface area contributed by atoms with Crippen molar-refractivity contribution < 1.29 is 27.1 Å². The number of cyclic esters (lactones) is 1. The minimum atomic E-state index is -3.12. The van der Waals surface area contributed by atoms with Gasteiger partial charge in [0.2, 0.25) is 0 Å². The Kier molecular flexibility index (Phi) is 7.18. The van der Waals surface area contributed by atoms with E-state index >= 15 is 0 Å². The average Bonchev–Trinajstić information content (AvgIpc) is 3.34. The van der Waals surface area contributed by atoms with E-state index in [4.69, 9.17) is 9.47 Å². The van der Waals surface area contributed by atoms with Gasteiger partial charge < -0.3 is 20.1 Å². The highest BCUT2D eigenvalue weighted by Gasteiger charge is 2.33. The summed E-state index contributed by atoms with van der Waals surface area (Å²) in [4.78, 5) is 17.8. The molecule has 1 saturated heterocycles. The second kappa shape index (κ2) is 10.1. The lowest BCUT2D eigenvalue weighted by Gasteiger charge is -2.16. The number of aliphatic imine (C=N–C) groups is 1. The molecule has 2 aliphatic heterocycles. The van der Waals surface area contributed by atoms with E-state index in [0.717, 1.165) is 24.8 Å². The lowest BCUT2D eigenvalue weighted by atomic mass is 10.1. The summed E-state index contributed by atoms with van der Waals surface area (Å²) >= 11 is 0. The number of fused-ring (bicyclic) bond motifs is 1. The molecule has 0 saturated carbocycles. The van der Waals surface area contributed by atoms with Crippen molar-refractivity contribution in [3.63, 3.8) is 0 Å². The van der Waals surface area contributed by atoms with Crippen LogP contribution in [0.3, 0.4) is 0 Å². The fourth-order valence-electron chi connectivity index (χ4n) is 4.24. The van der Waals surface area contributed by atoms with Gasteiger partial charge >= 0.3 is 6.09 Å². The lowest BCUT2D eigenvalue weighted by molar-refractivity contribution is 0.130. The molecule has 2 atom stereocenters. The Labute approximate surface area is 192 Å². The maximum atomic E-state index is 14.5. The molecule has 1 amide bonds. The Hall–Kier alpha value is -2.66. The van der Waals surface area contributed by atoms with Crippen molar-refractivity contribution in [3.05, 3.63) is 41.1 Å². The van der Waals surface area contributed by atoms with Crippen LogP contribution < -0.4 is 15.4 Å².